The largest absolute Gasteiger partial charge is 0.522 e. The summed E-state index contributed by atoms with van der Waals surface area (Å²) in [5, 5.41) is 3.51. The van der Waals surface area contributed by atoms with Crippen LogP contribution < -0.4 is 5.32 Å². The molecule has 2 atom stereocenters. The van der Waals surface area contributed by atoms with Gasteiger partial charge in [0.1, 0.15) is 0 Å². The van der Waals surface area contributed by atoms with Crippen molar-refractivity contribution in [2.24, 2.45) is 5.92 Å². The lowest BCUT2D eigenvalue weighted by Crippen LogP contribution is -2.64. The number of hydrogen-bond acceptors (Lipinski definition) is 3. The summed E-state index contributed by atoms with van der Waals surface area (Å²) in [6.45, 7) is 6.01. The second-order valence-corrected chi connectivity index (χ2v) is 5.86. The highest BCUT2D eigenvalue weighted by atomic mass is 19.4. The highest BCUT2D eigenvalue weighted by Crippen LogP contribution is 2.44. The summed E-state index contributed by atoms with van der Waals surface area (Å²) >= 11 is 0. The third-order valence-corrected chi connectivity index (χ3v) is 4.49. The third kappa shape index (κ3) is 3.83. The van der Waals surface area contributed by atoms with E-state index in [1.165, 1.54) is 12.8 Å². The van der Waals surface area contributed by atoms with E-state index in [9.17, 15) is 13.2 Å². The summed E-state index contributed by atoms with van der Waals surface area (Å²) < 4.78 is 40.1. The van der Waals surface area contributed by atoms with Crippen molar-refractivity contribution in [3.8, 4) is 0 Å². The molecule has 6 heteroatoms. The minimum atomic E-state index is -4.52. The van der Waals surface area contributed by atoms with Crippen molar-refractivity contribution >= 4 is 0 Å². The molecule has 0 spiro atoms. The average molecular weight is 280 g/mol. The van der Waals surface area contributed by atoms with E-state index in [0.717, 1.165) is 19.5 Å². The van der Waals surface area contributed by atoms with Crippen LogP contribution >= 0.6 is 0 Å². The standard InChI is InChI=1S/C13H23F3N2O/c1-3-11-8-18(6-7-19-13(14,15)16)12(2,9-17-11)10-4-5-10/h10-11,17H,3-9H2,1-2H3. The average Bonchev–Trinajstić information content (AvgIpc) is 3.14. The fourth-order valence-corrected chi connectivity index (χ4v) is 3.00. The Bertz CT molecular complexity index is 307. The van der Waals surface area contributed by atoms with Crippen LogP contribution in [0.25, 0.3) is 0 Å². The molecule has 0 aromatic carbocycles. The van der Waals surface area contributed by atoms with Crippen molar-refractivity contribution in [2.45, 2.75) is 51.1 Å². The number of nitrogens with zero attached hydrogens (tertiary/aromatic N) is 1. The molecule has 2 unspecified atom stereocenters. The second kappa shape index (κ2) is 5.58. The van der Waals surface area contributed by atoms with E-state index in [1.54, 1.807) is 0 Å². The summed E-state index contributed by atoms with van der Waals surface area (Å²) in [7, 11) is 0. The monoisotopic (exact) mass is 280 g/mol. The zero-order valence-corrected chi connectivity index (χ0v) is 11.6. The zero-order valence-electron chi connectivity index (χ0n) is 11.6. The van der Waals surface area contributed by atoms with E-state index in [1.807, 2.05) is 0 Å². The first-order valence-corrected chi connectivity index (χ1v) is 7.04. The van der Waals surface area contributed by atoms with Crippen LogP contribution in [0.4, 0.5) is 13.2 Å². The summed E-state index contributed by atoms with van der Waals surface area (Å²) in [5.74, 6) is 0.615. The van der Waals surface area contributed by atoms with E-state index < -0.39 is 6.36 Å². The molecule has 0 radical (unpaired) electrons. The van der Waals surface area contributed by atoms with Crippen molar-refractivity contribution in [1.29, 1.82) is 0 Å². The van der Waals surface area contributed by atoms with Gasteiger partial charge < -0.3 is 5.32 Å². The second-order valence-electron chi connectivity index (χ2n) is 5.86. The third-order valence-electron chi connectivity index (χ3n) is 4.49. The number of alkyl halides is 3. The number of ether oxygens (including phenoxy) is 1. The first-order valence-electron chi connectivity index (χ1n) is 7.04. The van der Waals surface area contributed by atoms with Gasteiger partial charge in [0.15, 0.2) is 0 Å². The Balaban J connectivity index is 1.91. The SMILES string of the molecule is CCC1CN(CCOC(F)(F)F)C(C)(C2CC2)CN1. The molecule has 0 aromatic heterocycles. The number of piperazine rings is 1. The highest BCUT2D eigenvalue weighted by Gasteiger charge is 2.48. The van der Waals surface area contributed by atoms with E-state index in [2.05, 4.69) is 28.8 Å². The molecule has 3 nitrogen and oxygen atoms in total. The molecule has 2 aliphatic rings. The van der Waals surface area contributed by atoms with Crippen LogP contribution in [0.1, 0.15) is 33.1 Å². The van der Waals surface area contributed by atoms with Crippen molar-refractivity contribution in [2.75, 3.05) is 26.2 Å². The molecule has 2 rings (SSSR count). The minimum absolute atomic E-state index is 0.0133. The summed E-state index contributed by atoms with van der Waals surface area (Å²) in [6, 6.07) is 0.373. The van der Waals surface area contributed by atoms with Gasteiger partial charge in [-0.3, -0.25) is 9.64 Å². The predicted octanol–water partition coefficient (Wildman–Crippen LogP) is 2.38. The Morgan fingerprint density at radius 3 is 2.58 bits per heavy atom. The topological polar surface area (TPSA) is 24.5 Å². The van der Waals surface area contributed by atoms with Gasteiger partial charge in [0.25, 0.3) is 0 Å². The van der Waals surface area contributed by atoms with Gasteiger partial charge in [-0.25, -0.2) is 0 Å². The fourth-order valence-electron chi connectivity index (χ4n) is 3.00. The molecule has 0 aromatic rings. The van der Waals surface area contributed by atoms with Crippen molar-refractivity contribution in [3.63, 3.8) is 0 Å². The van der Waals surface area contributed by atoms with Gasteiger partial charge >= 0.3 is 6.36 Å². The molecule has 1 N–H and O–H groups in total. The lowest BCUT2D eigenvalue weighted by atomic mass is 9.89. The maximum absolute atomic E-state index is 12.1. The minimum Gasteiger partial charge on any atom is -0.311 e. The van der Waals surface area contributed by atoms with Gasteiger partial charge in [-0.05, 0) is 32.1 Å². The van der Waals surface area contributed by atoms with Crippen molar-refractivity contribution < 1.29 is 17.9 Å². The zero-order chi connectivity index (χ0) is 14.1. The van der Waals surface area contributed by atoms with E-state index in [-0.39, 0.29) is 12.1 Å². The van der Waals surface area contributed by atoms with E-state index in [0.29, 0.717) is 18.5 Å². The molecule has 1 aliphatic heterocycles. The van der Waals surface area contributed by atoms with Gasteiger partial charge in [0, 0.05) is 31.2 Å². The normalized spacial score (nSPS) is 33.6. The maximum atomic E-state index is 12.1. The lowest BCUT2D eigenvalue weighted by Gasteiger charge is -2.48. The Morgan fingerprint density at radius 2 is 2.05 bits per heavy atom. The van der Waals surface area contributed by atoms with Gasteiger partial charge in [-0.2, -0.15) is 0 Å². The molecule has 1 saturated heterocycles. The molecule has 0 amide bonds. The molecule has 0 bridgehead atoms. The summed E-state index contributed by atoms with van der Waals surface area (Å²) in [4.78, 5) is 2.20. The molecular weight excluding hydrogens is 257 g/mol. The first-order chi connectivity index (χ1) is 8.85. The fraction of sp³-hybridized carbons (Fsp3) is 1.00. The van der Waals surface area contributed by atoms with Gasteiger partial charge in [0.05, 0.1) is 6.61 Å². The Hall–Kier alpha value is -0.330. The van der Waals surface area contributed by atoms with E-state index in [4.69, 9.17) is 0 Å². The van der Waals surface area contributed by atoms with Crippen LogP contribution in [0, 0.1) is 5.92 Å². The molecule has 1 heterocycles. The van der Waals surface area contributed by atoms with E-state index >= 15 is 0 Å². The van der Waals surface area contributed by atoms with Crippen LogP contribution in [0.2, 0.25) is 0 Å². The number of rotatable bonds is 5. The van der Waals surface area contributed by atoms with Gasteiger partial charge in [0.2, 0.25) is 0 Å². The molecule has 2 fully saturated rings. The van der Waals surface area contributed by atoms with Crippen LogP contribution in [0.15, 0.2) is 0 Å². The molecule has 1 aliphatic carbocycles. The van der Waals surface area contributed by atoms with Gasteiger partial charge in [-0.1, -0.05) is 6.92 Å². The molecule has 19 heavy (non-hydrogen) atoms. The number of nitrogens with one attached hydrogen (secondary N) is 1. The van der Waals surface area contributed by atoms with Crippen LogP contribution in [0.3, 0.4) is 0 Å². The molecular formula is C13H23F3N2O. The quantitative estimate of drug-likeness (QED) is 0.837. The smallest absolute Gasteiger partial charge is 0.311 e. The first kappa shape index (κ1) is 15.1. The predicted molar refractivity (Wildman–Crippen MR) is 66.8 cm³/mol. The van der Waals surface area contributed by atoms with Crippen molar-refractivity contribution in [3.05, 3.63) is 0 Å². The number of hydrogen-bond donors (Lipinski definition) is 1. The molecule has 1 saturated carbocycles. The lowest BCUT2D eigenvalue weighted by molar-refractivity contribution is -0.325. The Morgan fingerprint density at radius 1 is 1.37 bits per heavy atom. The Kier molecular flexibility index (Phi) is 4.42. The number of halogens is 3. The van der Waals surface area contributed by atoms with Crippen LogP contribution in [-0.4, -0.2) is 49.1 Å². The Labute approximate surface area is 112 Å². The van der Waals surface area contributed by atoms with Crippen LogP contribution in [0.5, 0.6) is 0 Å². The van der Waals surface area contributed by atoms with Crippen molar-refractivity contribution in [1.82, 2.24) is 10.2 Å². The maximum Gasteiger partial charge on any atom is 0.522 e. The summed E-state index contributed by atoms with van der Waals surface area (Å²) in [6.07, 6.45) is -1.15. The highest BCUT2D eigenvalue weighted by molar-refractivity contribution is 5.04. The summed E-state index contributed by atoms with van der Waals surface area (Å²) in [5.41, 5.74) is -0.0133. The van der Waals surface area contributed by atoms with Gasteiger partial charge in [-0.15, -0.1) is 13.2 Å². The molecule has 112 valence electrons. The van der Waals surface area contributed by atoms with Crippen LogP contribution in [-0.2, 0) is 4.74 Å².